The number of nitrogens with zero attached hydrogens (tertiary/aromatic N) is 6. The Bertz CT molecular complexity index is 705. The standard InChI is InChI=1S/C15H20FN7O/c16-13-4-1-3-12(9-13)10-21-5-2-6-22(8-7-21)14(24)11-23-15(17)18-19-20-23/h1,3-4,9H,2,5-8,10-11H2,(H2,17,18,20). The minimum Gasteiger partial charge on any atom is -0.367 e. The SMILES string of the molecule is Nc1nnnn1CC(=O)N1CCCN(Cc2cccc(F)c2)CC1. The molecule has 0 atom stereocenters. The number of anilines is 1. The molecule has 2 aromatic rings. The summed E-state index contributed by atoms with van der Waals surface area (Å²) < 4.78 is 14.6. The van der Waals surface area contributed by atoms with Crippen molar-refractivity contribution in [3.05, 3.63) is 35.6 Å². The van der Waals surface area contributed by atoms with E-state index in [2.05, 4.69) is 20.4 Å². The van der Waals surface area contributed by atoms with Gasteiger partial charge in [-0.15, -0.1) is 0 Å². The third kappa shape index (κ3) is 4.05. The predicted molar refractivity (Wildman–Crippen MR) is 85.1 cm³/mol. The van der Waals surface area contributed by atoms with E-state index in [0.717, 1.165) is 25.1 Å². The molecule has 8 nitrogen and oxygen atoms in total. The van der Waals surface area contributed by atoms with E-state index >= 15 is 0 Å². The summed E-state index contributed by atoms with van der Waals surface area (Å²) in [6, 6.07) is 6.62. The molecule has 2 heterocycles. The number of rotatable bonds is 4. The van der Waals surface area contributed by atoms with Gasteiger partial charge in [0.2, 0.25) is 11.9 Å². The van der Waals surface area contributed by atoms with E-state index in [1.807, 2.05) is 6.07 Å². The summed E-state index contributed by atoms with van der Waals surface area (Å²) in [5, 5.41) is 10.7. The zero-order valence-electron chi connectivity index (χ0n) is 13.3. The molecule has 0 saturated carbocycles. The minimum absolute atomic E-state index is 0.0444. The fourth-order valence-corrected chi connectivity index (χ4v) is 2.82. The van der Waals surface area contributed by atoms with Gasteiger partial charge in [-0.2, -0.15) is 0 Å². The molecule has 1 fully saturated rings. The van der Waals surface area contributed by atoms with Gasteiger partial charge in [-0.1, -0.05) is 17.2 Å². The van der Waals surface area contributed by atoms with Crippen LogP contribution >= 0.6 is 0 Å². The second kappa shape index (κ2) is 7.35. The third-order valence-corrected chi connectivity index (χ3v) is 4.08. The lowest BCUT2D eigenvalue weighted by Crippen LogP contribution is -2.37. The molecule has 2 N–H and O–H groups in total. The maximum Gasteiger partial charge on any atom is 0.244 e. The lowest BCUT2D eigenvalue weighted by Gasteiger charge is -2.22. The van der Waals surface area contributed by atoms with Crippen LogP contribution in [0, 0.1) is 5.82 Å². The molecule has 1 amide bonds. The summed E-state index contributed by atoms with van der Waals surface area (Å²) >= 11 is 0. The molecular formula is C15H20FN7O. The molecule has 3 rings (SSSR count). The Morgan fingerprint density at radius 2 is 2.12 bits per heavy atom. The van der Waals surface area contributed by atoms with Gasteiger partial charge < -0.3 is 10.6 Å². The summed E-state index contributed by atoms with van der Waals surface area (Å²) in [6.07, 6.45) is 0.867. The fraction of sp³-hybridized carbons (Fsp3) is 0.467. The number of benzene rings is 1. The summed E-state index contributed by atoms with van der Waals surface area (Å²) in [5.41, 5.74) is 6.53. The highest BCUT2D eigenvalue weighted by Crippen LogP contribution is 2.11. The van der Waals surface area contributed by atoms with Gasteiger partial charge in [0.15, 0.2) is 0 Å². The van der Waals surface area contributed by atoms with Crippen molar-refractivity contribution in [2.45, 2.75) is 19.5 Å². The van der Waals surface area contributed by atoms with E-state index in [0.29, 0.717) is 19.6 Å². The van der Waals surface area contributed by atoms with Crippen molar-refractivity contribution in [3.63, 3.8) is 0 Å². The van der Waals surface area contributed by atoms with Crippen LogP contribution in [0.1, 0.15) is 12.0 Å². The summed E-state index contributed by atoms with van der Waals surface area (Å²) in [6.45, 7) is 3.64. The normalized spacial score (nSPS) is 16.1. The quantitative estimate of drug-likeness (QED) is 0.855. The predicted octanol–water partition coefficient (Wildman–Crippen LogP) is 0.129. The van der Waals surface area contributed by atoms with Gasteiger partial charge >= 0.3 is 0 Å². The lowest BCUT2D eigenvalue weighted by molar-refractivity contribution is -0.131. The van der Waals surface area contributed by atoms with Crippen LogP contribution in [0.15, 0.2) is 24.3 Å². The van der Waals surface area contributed by atoms with Crippen molar-refractivity contribution in [3.8, 4) is 0 Å². The molecular weight excluding hydrogens is 313 g/mol. The average molecular weight is 333 g/mol. The Morgan fingerprint density at radius 1 is 1.25 bits per heavy atom. The molecule has 1 saturated heterocycles. The number of carbonyl (C=O) groups excluding carboxylic acids is 1. The second-order valence-electron chi connectivity index (χ2n) is 5.84. The largest absolute Gasteiger partial charge is 0.367 e. The molecule has 128 valence electrons. The van der Waals surface area contributed by atoms with Gasteiger partial charge in [0, 0.05) is 32.7 Å². The average Bonchev–Trinajstić information content (AvgIpc) is 2.82. The number of nitrogens with two attached hydrogens (primary N) is 1. The van der Waals surface area contributed by atoms with Gasteiger partial charge in [-0.25, -0.2) is 9.07 Å². The molecule has 24 heavy (non-hydrogen) atoms. The molecule has 0 spiro atoms. The first-order chi connectivity index (χ1) is 11.6. The van der Waals surface area contributed by atoms with Crippen molar-refractivity contribution in [2.75, 3.05) is 31.9 Å². The van der Waals surface area contributed by atoms with Crippen LogP contribution in [0.25, 0.3) is 0 Å². The van der Waals surface area contributed by atoms with Crippen LogP contribution in [-0.4, -0.2) is 62.1 Å². The first-order valence-electron chi connectivity index (χ1n) is 7.88. The highest BCUT2D eigenvalue weighted by atomic mass is 19.1. The summed E-state index contributed by atoms with van der Waals surface area (Å²) in [7, 11) is 0. The zero-order chi connectivity index (χ0) is 16.9. The first kappa shape index (κ1) is 16.3. The molecule has 9 heteroatoms. The molecule has 1 aromatic heterocycles. The highest BCUT2D eigenvalue weighted by molar-refractivity contribution is 5.76. The zero-order valence-corrected chi connectivity index (χ0v) is 13.3. The summed E-state index contributed by atoms with van der Waals surface area (Å²) in [4.78, 5) is 16.4. The van der Waals surface area contributed by atoms with Gasteiger partial charge in [0.1, 0.15) is 12.4 Å². The van der Waals surface area contributed by atoms with Crippen LogP contribution in [0.4, 0.5) is 10.3 Å². The van der Waals surface area contributed by atoms with Crippen LogP contribution in [-0.2, 0) is 17.9 Å². The topological polar surface area (TPSA) is 93.2 Å². The van der Waals surface area contributed by atoms with E-state index in [1.54, 1.807) is 17.0 Å². The Balaban J connectivity index is 1.55. The Hall–Kier alpha value is -2.55. The van der Waals surface area contributed by atoms with Gasteiger partial charge in [-0.3, -0.25) is 9.69 Å². The number of halogens is 1. The summed E-state index contributed by atoms with van der Waals surface area (Å²) in [5.74, 6) is -0.148. The minimum atomic E-state index is -0.224. The number of amides is 1. The van der Waals surface area contributed by atoms with Crippen molar-refractivity contribution < 1.29 is 9.18 Å². The molecule has 0 unspecified atom stereocenters. The molecule has 0 aliphatic carbocycles. The molecule has 1 aliphatic heterocycles. The highest BCUT2D eigenvalue weighted by Gasteiger charge is 2.20. The maximum atomic E-state index is 13.3. The molecule has 1 aliphatic rings. The van der Waals surface area contributed by atoms with Crippen molar-refractivity contribution in [2.24, 2.45) is 0 Å². The maximum absolute atomic E-state index is 13.3. The Labute approximate surface area is 139 Å². The monoisotopic (exact) mass is 333 g/mol. The lowest BCUT2D eigenvalue weighted by atomic mass is 10.2. The molecule has 0 bridgehead atoms. The van der Waals surface area contributed by atoms with E-state index < -0.39 is 0 Å². The van der Waals surface area contributed by atoms with Crippen molar-refractivity contribution in [1.82, 2.24) is 30.0 Å². The number of nitrogen functional groups attached to an aromatic ring is 1. The van der Waals surface area contributed by atoms with Crippen LogP contribution in [0.2, 0.25) is 0 Å². The number of hydrogen-bond acceptors (Lipinski definition) is 6. The van der Waals surface area contributed by atoms with Crippen molar-refractivity contribution >= 4 is 11.9 Å². The van der Waals surface area contributed by atoms with Crippen LogP contribution in [0.5, 0.6) is 0 Å². The molecule has 0 radical (unpaired) electrons. The number of aromatic nitrogens is 4. The van der Waals surface area contributed by atoms with E-state index in [1.165, 1.54) is 10.7 Å². The Morgan fingerprint density at radius 3 is 2.88 bits per heavy atom. The van der Waals surface area contributed by atoms with Crippen LogP contribution in [0.3, 0.4) is 0 Å². The number of hydrogen-bond donors (Lipinski definition) is 1. The van der Waals surface area contributed by atoms with E-state index in [9.17, 15) is 9.18 Å². The van der Waals surface area contributed by atoms with Gasteiger partial charge in [-0.05, 0) is 34.5 Å². The van der Waals surface area contributed by atoms with Gasteiger partial charge in [0.05, 0.1) is 0 Å². The van der Waals surface area contributed by atoms with Gasteiger partial charge in [0.25, 0.3) is 0 Å². The van der Waals surface area contributed by atoms with E-state index in [-0.39, 0.29) is 24.2 Å². The number of tetrazole rings is 1. The smallest absolute Gasteiger partial charge is 0.244 e. The first-order valence-corrected chi connectivity index (χ1v) is 7.88. The molecule has 1 aromatic carbocycles. The van der Waals surface area contributed by atoms with E-state index in [4.69, 9.17) is 5.73 Å². The third-order valence-electron chi connectivity index (χ3n) is 4.08. The Kier molecular flexibility index (Phi) is 4.99. The van der Waals surface area contributed by atoms with Crippen LogP contribution < -0.4 is 5.73 Å². The number of carbonyl (C=O) groups is 1. The fourth-order valence-electron chi connectivity index (χ4n) is 2.82. The van der Waals surface area contributed by atoms with Crippen molar-refractivity contribution in [1.29, 1.82) is 0 Å². The second-order valence-corrected chi connectivity index (χ2v) is 5.84.